The lowest BCUT2D eigenvalue weighted by Crippen LogP contribution is -1.95. The third-order valence-electron chi connectivity index (χ3n) is 8.91. The Balaban J connectivity index is 1.12. The third-order valence-corrected chi connectivity index (χ3v) is 8.91. The zero-order valence-corrected chi connectivity index (χ0v) is 25.5. The topological polar surface area (TPSA) is 38.9 Å². The van der Waals surface area contributed by atoms with Crippen LogP contribution < -0.4 is 0 Å². The number of hydrogen-bond donors (Lipinski definition) is 0. The minimum atomic E-state index is 0.712. The van der Waals surface area contributed by atoms with Crippen molar-refractivity contribution in [3.8, 4) is 56.2 Å². The maximum Gasteiger partial charge on any atom is 0.160 e. The highest BCUT2D eigenvalue weighted by Gasteiger charge is 2.16. The molecule has 0 spiro atoms. The van der Waals surface area contributed by atoms with Gasteiger partial charge in [0.15, 0.2) is 5.82 Å². The van der Waals surface area contributed by atoms with Crippen molar-refractivity contribution >= 4 is 32.7 Å². The van der Waals surface area contributed by atoms with E-state index in [2.05, 4.69) is 133 Å². The predicted octanol–water partition coefficient (Wildman–Crippen LogP) is 11.9. The number of hydrogen-bond acceptors (Lipinski definition) is 3. The fourth-order valence-corrected chi connectivity index (χ4v) is 6.54. The van der Waals surface area contributed by atoms with Crippen molar-refractivity contribution in [3.05, 3.63) is 170 Å². The van der Waals surface area contributed by atoms with Crippen LogP contribution in [0.5, 0.6) is 0 Å². The number of rotatable bonds is 5. The van der Waals surface area contributed by atoms with Crippen molar-refractivity contribution in [2.75, 3.05) is 0 Å². The predicted molar refractivity (Wildman–Crippen MR) is 194 cm³/mol. The van der Waals surface area contributed by atoms with Crippen LogP contribution in [0.4, 0.5) is 0 Å². The summed E-state index contributed by atoms with van der Waals surface area (Å²) in [5, 5.41) is 4.56. The molecule has 0 amide bonds. The molecule has 220 valence electrons. The molecule has 2 heterocycles. The number of nitrogens with zero attached hydrogens (tertiary/aromatic N) is 2. The fourth-order valence-electron chi connectivity index (χ4n) is 6.54. The van der Waals surface area contributed by atoms with Crippen molar-refractivity contribution in [2.45, 2.75) is 0 Å². The van der Waals surface area contributed by atoms with Crippen LogP contribution in [0.25, 0.3) is 88.9 Å². The van der Waals surface area contributed by atoms with Crippen molar-refractivity contribution in [3.63, 3.8) is 0 Å². The molecule has 9 rings (SSSR count). The number of furan rings is 1. The minimum Gasteiger partial charge on any atom is -0.455 e. The maximum atomic E-state index is 6.61. The molecule has 9 aromatic rings. The smallest absolute Gasteiger partial charge is 0.160 e. The first-order chi connectivity index (χ1) is 23.3. The van der Waals surface area contributed by atoms with Gasteiger partial charge < -0.3 is 4.42 Å². The highest BCUT2D eigenvalue weighted by Crippen LogP contribution is 2.41. The van der Waals surface area contributed by atoms with Crippen LogP contribution in [0.15, 0.2) is 174 Å². The molecule has 3 nitrogen and oxygen atoms in total. The second-order valence-corrected chi connectivity index (χ2v) is 11.8. The third kappa shape index (κ3) is 4.86. The maximum absolute atomic E-state index is 6.61. The quantitative estimate of drug-likeness (QED) is 0.197. The van der Waals surface area contributed by atoms with Gasteiger partial charge in [0.1, 0.15) is 11.2 Å². The molecule has 0 aliphatic carbocycles. The van der Waals surface area contributed by atoms with Gasteiger partial charge in [-0.3, -0.25) is 0 Å². The molecule has 0 radical (unpaired) electrons. The Bertz CT molecular complexity index is 2480. The molecule has 0 aliphatic rings. The molecule has 2 aromatic heterocycles. The van der Waals surface area contributed by atoms with E-state index >= 15 is 0 Å². The summed E-state index contributed by atoms with van der Waals surface area (Å²) in [7, 11) is 0. The first-order valence-electron chi connectivity index (χ1n) is 15.8. The van der Waals surface area contributed by atoms with Gasteiger partial charge in [-0.25, -0.2) is 9.97 Å². The monoisotopic (exact) mass is 600 g/mol. The van der Waals surface area contributed by atoms with Gasteiger partial charge in [-0.2, -0.15) is 0 Å². The molecule has 3 heteroatoms. The number of fused-ring (bicyclic) bond motifs is 5. The molecule has 0 saturated heterocycles. The van der Waals surface area contributed by atoms with E-state index in [0.717, 1.165) is 66.5 Å². The van der Waals surface area contributed by atoms with E-state index in [1.807, 2.05) is 36.4 Å². The molecular formula is C44H28N2O. The molecule has 0 fully saturated rings. The van der Waals surface area contributed by atoms with Crippen LogP contribution in [0.2, 0.25) is 0 Å². The lowest BCUT2D eigenvalue weighted by Gasteiger charge is -2.10. The molecule has 0 atom stereocenters. The highest BCUT2D eigenvalue weighted by atomic mass is 16.3. The molecule has 7 aromatic carbocycles. The van der Waals surface area contributed by atoms with Crippen LogP contribution in [0.3, 0.4) is 0 Å². The van der Waals surface area contributed by atoms with Crippen molar-refractivity contribution in [1.82, 2.24) is 9.97 Å². The number of benzene rings is 7. The van der Waals surface area contributed by atoms with Gasteiger partial charge in [0.25, 0.3) is 0 Å². The summed E-state index contributed by atoms with van der Waals surface area (Å²) in [6, 6.07) is 59.0. The van der Waals surface area contributed by atoms with Gasteiger partial charge in [-0.1, -0.05) is 146 Å². The van der Waals surface area contributed by atoms with E-state index in [1.54, 1.807) is 0 Å². The van der Waals surface area contributed by atoms with Crippen LogP contribution in [-0.2, 0) is 0 Å². The van der Waals surface area contributed by atoms with Crippen LogP contribution >= 0.6 is 0 Å². The standard InChI is InChI=1S/C44H28N2O/c1-4-12-30(13-5-1)38-27-39-36-25-24-34(26-42(36)47-43(39)37-19-11-10-18-35(37)38)29-20-22-32(23-21-29)41-28-40(31-14-6-2-7-15-31)45-44(46-41)33-16-8-3-9-17-33/h1-28H. The van der Waals surface area contributed by atoms with Crippen LogP contribution in [0.1, 0.15) is 0 Å². The SMILES string of the molecule is c1ccc(-c2cc(-c3ccc(-c4ccc5c(c4)oc4c6ccccc6c(-c6ccccc6)cc54)cc3)nc(-c3ccccc3)n2)cc1. The van der Waals surface area contributed by atoms with Gasteiger partial charge in [-0.05, 0) is 51.9 Å². The normalized spacial score (nSPS) is 11.4. The second-order valence-electron chi connectivity index (χ2n) is 11.8. The summed E-state index contributed by atoms with van der Waals surface area (Å²) in [6.07, 6.45) is 0. The molecule has 0 aliphatic heterocycles. The molecular weight excluding hydrogens is 572 g/mol. The van der Waals surface area contributed by atoms with Gasteiger partial charge >= 0.3 is 0 Å². The van der Waals surface area contributed by atoms with Gasteiger partial charge in [-0.15, -0.1) is 0 Å². The van der Waals surface area contributed by atoms with Crippen molar-refractivity contribution in [1.29, 1.82) is 0 Å². The first kappa shape index (κ1) is 27.0. The first-order valence-corrected chi connectivity index (χ1v) is 15.8. The Kier molecular flexibility index (Phi) is 6.46. The van der Waals surface area contributed by atoms with E-state index in [4.69, 9.17) is 14.4 Å². The fraction of sp³-hybridized carbons (Fsp3) is 0. The average Bonchev–Trinajstić information content (AvgIpc) is 3.53. The Morgan fingerprint density at radius 1 is 0.340 bits per heavy atom. The lowest BCUT2D eigenvalue weighted by atomic mass is 9.95. The molecule has 0 saturated carbocycles. The summed E-state index contributed by atoms with van der Waals surface area (Å²) in [4.78, 5) is 9.93. The summed E-state index contributed by atoms with van der Waals surface area (Å²) in [5.41, 5.74) is 11.3. The largest absolute Gasteiger partial charge is 0.455 e. The van der Waals surface area contributed by atoms with Crippen molar-refractivity contribution in [2.24, 2.45) is 0 Å². The van der Waals surface area contributed by atoms with Gasteiger partial charge in [0, 0.05) is 32.8 Å². The highest BCUT2D eigenvalue weighted by molar-refractivity contribution is 6.19. The molecule has 0 bridgehead atoms. The Morgan fingerprint density at radius 2 is 0.872 bits per heavy atom. The zero-order chi connectivity index (χ0) is 31.2. The van der Waals surface area contributed by atoms with E-state index in [1.165, 1.54) is 16.5 Å². The Labute approximate surface area is 272 Å². The minimum absolute atomic E-state index is 0.712. The van der Waals surface area contributed by atoms with Gasteiger partial charge in [0.2, 0.25) is 0 Å². The number of aromatic nitrogens is 2. The zero-order valence-electron chi connectivity index (χ0n) is 25.5. The summed E-state index contributed by atoms with van der Waals surface area (Å²) in [5.74, 6) is 0.712. The van der Waals surface area contributed by atoms with Crippen LogP contribution in [-0.4, -0.2) is 9.97 Å². The molecule has 0 unspecified atom stereocenters. The van der Waals surface area contributed by atoms with Gasteiger partial charge in [0.05, 0.1) is 11.4 Å². The van der Waals surface area contributed by atoms with Crippen molar-refractivity contribution < 1.29 is 4.42 Å². The average molecular weight is 601 g/mol. The molecule has 0 N–H and O–H groups in total. The second kappa shape index (κ2) is 11.2. The Hall–Kier alpha value is -6.32. The summed E-state index contributed by atoms with van der Waals surface area (Å²) < 4.78 is 6.61. The van der Waals surface area contributed by atoms with E-state index in [9.17, 15) is 0 Å². The lowest BCUT2D eigenvalue weighted by molar-refractivity contribution is 0.673. The van der Waals surface area contributed by atoms with E-state index in [-0.39, 0.29) is 0 Å². The summed E-state index contributed by atoms with van der Waals surface area (Å²) >= 11 is 0. The summed E-state index contributed by atoms with van der Waals surface area (Å²) in [6.45, 7) is 0. The van der Waals surface area contributed by atoms with E-state index < -0.39 is 0 Å². The van der Waals surface area contributed by atoms with E-state index in [0.29, 0.717) is 5.82 Å². The molecule has 47 heavy (non-hydrogen) atoms. The Morgan fingerprint density at radius 3 is 1.55 bits per heavy atom. The van der Waals surface area contributed by atoms with Crippen LogP contribution in [0, 0.1) is 0 Å².